The number of benzene rings is 1. The Morgan fingerprint density at radius 2 is 2.05 bits per heavy atom. The van der Waals surface area contributed by atoms with Crippen molar-refractivity contribution in [2.75, 3.05) is 14.2 Å². The van der Waals surface area contributed by atoms with E-state index < -0.39 is 0 Å². The van der Waals surface area contributed by atoms with Crippen molar-refractivity contribution >= 4 is 0 Å². The predicted octanol–water partition coefficient (Wildman–Crippen LogP) is 3.21. The summed E-state index contributed by atoms with van der Waals surface area (Å²) in [7, 11) is 3.67. The SMILES string of the molecule is CNC(Cc1cccc(OC)c1)c1ncc(C)cc1C. The topological polar surface area (TPSA) is 34.1 Å². The summed E-state index contributed by atoms with van der Waals surface area (Å²) < 4.78 is 5.28. The summed E-state index contributed by atoms with van der Waals surface area (Å²) in [6.45, 7) is 4.19. The molecule has 0 fully saturated rings. The maximum atomic E-state index is 5.28. The van der Waals surface area contributed by atoms with Gasteiger partial charge in [-0.05, 0) is 56.1 Å². The third-order valence-electron chi connectivity index (χ3n) is 3.51. The molecule has 0 saturated carbocycles. The molecule has 2 aromatic rings. The summed E-state index contributed by atoms with van der Waals surface area (Å²) in [5.41, 5.74) is 4.78. The molecule has 0 aliphatic rings. The summed E-state index contributed by atoms with van der Waals surface area (Å²) in [5, 5.41) is 3.36. The van der Waals surface area contributed by atoms with Crippen LogP contribution in [0.15, 0.2) is 36.5 Å². The van der Waals surface area contributed by atoms with Crippen LogP contribution >= 0.6 is 0 Å². The van der Waals surface area contributed by atoms with E-state index in [1.807, 2.05) is 25.4 Å². The third-order valence-corrected chi connectivity index (χ3v) is 3.51. The summed E-state index contributed by atoms with van der Waals surface area (Å²) in [6.07, 6.45) is 2.82. The van der Waals surface area contributed by atoms with Crippen molar-refractivity contribution in [1.29, 1.82) is 0 Å². The highest BCUT2D eigenvalue weighted by Crippen LogP contribution is 2.22. The normalized spacial score (nSPS) is 12.2. The number of likely N-dealkylation sites (N-methyl/N-ethyl adjacent to an activating group) is 1. The van der Waals surface area contributed by atoms with E-state index in [9.17, 15) is 0 Å². The van der Waals surface area contributed by atoms with Gasteiger partial charge in [0.2, 0.25) is 0 Å². The minimum atomic E-state index is 0.211. The fourth-order valence-electron chi connectivity index (χ4n) is 2.46. The van der Waals surface area contributed by atoms with E-state index in [4.69, 9.17) is 4.74 Å². The molecule has 0 radical (unpaired) electrons. The first kappa shape index (κ1) is 14.5. The Hall–Kier alpha value is -1.87. The van der Waals surface area contributed by atoms with Crippen molar-refractivity contribution < 1.29 is 4.74 Å². The Morgan fingerprint density at radius 3 is 2.70 bits per heavy atom. The molecule has 3 heteroatoms. The van der Waals surface area contributed by atoms with Crippen LogP contribution in [-0.2, 0) is 6.42 Å². The maximum absolute atomic E-state index is 5.28. The number of pyridine rings is 1. The lowest BCUT2D eigenvalue weighted by molar-refractivity contribution is 0.414. The zero-order valence-electron chi connectivity index (χ0n) is 12.6. The lowest BCUT2D eigenvalue weighted by atomic mass is 9.99. The van der Waals surface area contributed by atoms with Gasteiger partial charge in [-0.15, -0.1) is 0 Å². The molecule has 0 aliphatic heterocycles. The van der Waals surface area contributed by atoms with Crippen LogP contribution in [0.2, 0.25) is 0 Å². The van der Waals surface area contributed by atoms with Crippen molar-refractivity contribution in [3.63, 3.8) is 0 Å². The van der Waals surface area contributed by atoms with Crippen LogP contribution in [0.5, 0.6) is 5.75 Å². The molecule has 2 rings (SSSR count). The van der Waals surface area contributed by atoms with Gasteiger partial charge in [0.15, 0.2) is 0 Å². The number of hydrogen-bond donors (Lipinski definition) is 1. The van der Waals surface area contributed by atoms with Gasteiger partial charge in [0, 0.05) is 6.20 Å². The number of nitrogens with one attached hydrogen (secondary N) is 1. The summed E-state index contributed by atoms with van der Waals surface area (Å²) in [4.78, 5) is 4.59. The Kier molecular flexibility index (Phi) is 4.74. The molecule has 1 atom stereocenters. The standard InChI is InChI=1S/C17H22N2O/c1-12-8-13(2)17(19-11-12)16(18-3)10-14-6-5-7-15(9-14)20-4/h5-9,11,16,18H,10H2,1-4H3. The smallest absolute Gasteiger partial charge is 0.119 e. The molecular formula is C17H22N2O. The van der Waals surface area contributed by atoms with E-state index in [2.05, 4.69) is 42.3 Å². The van der Waals surface area contributed by atoms with Crippen LogP contribution in [0.25, 0.3) is 0 Å². The van der Waals surface area contributed by atoms with Crippen molar-refractivity contribution in [3.05, 3.63) is 58.9 Å². The van der Waals surface area contributed by atoms with Crippen molar-refractivity contribution in [2.45, 2.75) is 26.3 Å². The fourth-order valence-corrected chi connectivity index (χ4v) is 2.46. The first-order valence-corrected chi connectivity index (χ1v) is 6.87. The summed E-state index contributed by atoms with van der Waals surface area (Å²) in [6, 6.07) is 10.6. The molecule has 1 unspecified atom stereocenters. The van der Waals surface area contributed by atoms with Crippen LogP contribution in [0.4, 0.5) is 0 Å². The number of aromatic nitrogens is 1. The van der Waals surface area contributed by atoms with Gasteiger partial charge in [0.1, 0.15) is 5.75 Å². The average molecular weight is 270 g/mol. The third kappa shape index (κ3) is 3.36. The van der Waals surface area contributed by atoms with Crippen molar-refractivity contribution in [2.24, 2.45) is 0 Å². The molecule has 1 heterocycles. The van der Waals surface area contributed by atoms with Crippen LogP contribution in [0.3, 0.4) is 0 Å². The van der Waals surface area contributed by atoms with Gasteiger partial charge in [-0.3, -0.25) is 4.98 Å². The zero-order valence-corrected chi connectivity index (χ0v) is 12.6. The van der Waals surface area contributed by atoms with Crippen LogP contribution in [0.1, 0.15) is 28.4 Å². The van der Waals surface area contributed by atoms with Gasteiger partial charge in [0.05, 0.1) is 18.8 Å². The summed E-state index contributed by atoms with van der Waals surface area (Å²) >= 11 is 0. The summed E-state index contributed by atoms with van der Waals surface area (Å²) in [5.74, 6) is 0.894. The van der Waals surface area contributed by atoms with Gasteiger partial charge in [-0.2, -0.15) is 0 Å². The molecule has 1 aromatic carbocycles. The molecule has 0 bridgehead atoms. The number of rotatable bonds is 5. The van der Waals surface area contributed by atoms with Crippen molar-refractivity contribution in [3.8, 4) is 5.75 Å². The second-order valence-corrected chi connectivity index (χ2v) is 5.11. The number of ether oxygens (including phenoxy) is 1. The van der Waals surface area contributed by atoms with E-state index in [1.165, 1.54) is 16.7 Å². The fraction of sp³-hybridized carbons (Fsp3) is 0.353. The van der Waals surface area contributed by atoms with Gasteiger partial charge in [-0.25, -0.2) is 0 Å². The highest BCUT2D eigenvalue weighted by atomic mass is 16.5. The predicted molar refractivity (Wildman–Crippen MR) is 82.2 cm³/mol. The monoisotopic (exact) mass is 270 g/mol. The Labute approximate surface area is 121 Å². The highest BCUT2D eigenvalue weighted by Gasteiger charge is 2.14. The molecule has 0 aliphatic carbocycles. The molecule has 106 valence electrons. The molecular weight excluding hydrogens is 248 g/mol. The second kappa shape index (κ2) is 6.53. The van der Waals surface area contributed by atoms with E-state index in [1.54, 1.807) is 7.11 Å². The number of aryl methyl sites for hydroxylation is 2. The number of nitrogens with zero attached hydrogens (tertiary/aromatic N) is 1. The van der Waals surface area contributed by atoms with E-state index in [0.717, 1.165) is 17.9 Å². The minimum Gasteiger partial charge on any atom is -0.497 e. The molecule has 0 spiro atoms. The maximum Gasteiger partial charge on any atom is 0.119 e. The molecule has 1 aromatic heterocycles. The Bertz CT molecular complexity index is 581. The average Bonchev–Trinajstić information content (AvgIpc) is 2.45. The Morgan fingerprint density at radius 1 is 1.25 bits per heavy atom. The first-order valence-electron chi connectivity index (χ1n) is 6.87. The van der Waals surface area contributed by atoms with Gasteiger partial charge >= 0.3 is 0 Å². The number of hydrogen-bond acceptors (Lipinski definition) is 3. The highest BCUT2D eigenvalue weighted by molar-refractivity contribution is 5.31. The molecule has 1 N–H and O–H groups in total. The molecule has 0 amide bonds. The van der Waals surface area contributed by atoms with E-state index in [-0.39, 0.29) is 6.04 Å². The minimum absolute atomic E-state index is 0.211. The van der Waals surface area contributed by atoms with Gasteiger partial charge < -0.3 is 10.1 Å². The lowest BCUT2D eigenvalue weighted by Gasteiger charge is -2.18. The first-order chi connectivity index (χ1) is 9.63. The van der Waals surface area contributed by atoms with Crippen LogP contribution in [0, 0.1) is 13.8 Å². The number of methoxy groups -OCH3 is 1. The van der Waals surface area contributed by atoms with E-state index in [0.29, 0.717) is 0 Å². The molecule has 20 heavy (non-hydrogen) atoms. The van der Waals surface area contributed by atoms with Crippen molar-refractivity contribution in [1.82, 2.24) is 10.3 Å². The van der Waals surface area contributed by atoms with Gasteiger partial charge in [-0.1, -0.05) is 18.2 Å². The van der Waals surface area contributed by atoms with E-state index >= 15 is 0 Å². The molecule has 3 nitrogen and oxygen atoms in total. The Balaban J connectivity index is 2.23. The lowest BCUT2D eigenvalue weighted by Crippen LogP contribution is -2.21. The largest absolute Gasteiger partial charge is 0.497 e. The zero-order chi connectivity index (χ0) is 14.5. The van der Waals surface area contributed by atoms with Crippen LogP contribution < -0.4 is 10.1 Å². The quantitative estimate of drug-likeness (QED) is 0.906. The van der Waals surface area contributed by atoms with Crippen LogP contribution in [-0.4, -0.2) is 19.1 Å². The second-order valence-electron chi connectivity index (χ2n) is 5.11. The van der Waals surface area contributed by atoms with Gasteiger partial charge in [0.25, 0.3) is 0 Å². The molecule has 0 saturated heterocycles.